The maximum absolute atomic E-state index is 13.2. The van der Waals surface area contributed by atoms with Crippen molar-refractivity contribution in [1.82, 2.24) is 10.3 Å². The van der Waals surface area contributed by atoms with Gasteiger partial charge in [0.2, 0.25) is 5.91 Å². The molecule has 0 spiro atoms. The van der Waals surface area contributed by atoms with E-state index in [1.807, 2.05) is 6.92 Å². The summed E-state index contributed by atoms with van der Waals surface area (Å²) in [6, 6.07) is 5.25. The molecule has 1 aliphatic rings. The Labute approximate surface area is 141 Å². The average Bonchev–Trinajstić information content (AvgIpc) is 3.04. The number of carbonyl (C=O) groups excluding carboxylic acids is 1. The van der Waals surface area contributed by atoms with Crippen LogP contribution in [0, 0.1) is 12.7 Å². The number of hydrogen-bond donors (Lipinski definition) is 2. The molecule has 1 amide bonds. The van der Waals surface area contributed by atoms with Crippen molar-refractivity contribution in [2.45, 2.75) is 31.7 Å². The van der Waals surface area contributed by atoms with Crippen molar-refractivity contribution in [3.8, 4) is 0 Å². The minimum atomic E-state index is -2.85. The van der Waals surface area contributed by atoms with Crippen molar-refractivity contribution < 1.29 is 18.0 Å². The molecule has 4 nitrogen and oxygen atoms in total. The third-order valence-corrected chi connectivity index (χ3v) is 4.90. The van der Waals surface area contributed by atoms with Crippen LogP contribution in [0.1, 0.15) is 22.6 Å². The quantitative estimate of drug-likeness (QED) is 0.886. The van der Waals surface area contributed by atoms with Gasteiger partial charge in [0.15, 0.2) is 5.13 Å². The number of anilines is 1. The van der Waals surface area contributed by atoms with Crippen molar-refractivity contribution >= 4 is 22.4 Å². The number of benzene rings is 1. The Hall–Kier alpha value is -1.93. The van der Waals surface area contributed by atoms with E-state index in [-0.39, 0.29) is 5.82 Å². The molecule has 128 valence electrons. The fraction of sp³-hybridized carbons (Fsp3) is 0.375. The van der Waals surface area contributed by atoms with E-state index in [9.17, 15) is 18.0 Å². The number of alkyl halides is 2. The highest BCUT2D eigenvalue weighted by Gasteiger charge is 2.42. The van der Waals surface area contributed by atoms with Crippen LogP contribution in [0.3, 0.4) is 0 Å². The third-order valence-electron chi connectivity index (χ3n) is 3.83. The van der Waals surface area contributed by atoms with Crippen LogP contribution in [-0.4, -0.2) is 29.4 Å². The molecule has 0 radical (unpaired) electrons. The molecular weight excluding hydrogens is 339 g/mol. The van der Waals surface area contributed by atoms with E-state index >= 15 is 0 Å². The Morgan fingerprint density at radius 2 is 2.12 bits per heavy atom. The second kappa shape index (κ2) is 6.52. The van der Waals surface area contributed by atoms with Crippen molar-refractivity contribution in [3.63, 3.8) is 0 Å². The average molecular weight is 355 g/mol. The molecule has 3 rings (SSSR count). The first-order chi connectivity index (χ1) is 11.3. The summed E-state index contributed by atoms with van der Waals surface area (Å²) in [4.78, 5) is 17.2. The molecule has 1 aromatic heterocycles. The number of aryl methyl sites for hydroxylation is 1. The minimum absolute atomic E-state index is 0.298. The van der Waals surface area contributed by atoms with Gasteiger partial charge in [0.25, 0.3) is 5.92 Å². The molecule has 1 aliphatic heterocycles. The largest absolute Gasteiger partial charge is 0.301 e. The molecule has 2 N–H and O–H groups in total. The van der Waals surface area contributed by atoms with Crippen molar-refractivity contribution in [3.05, 3.63) is 46.2 Å². The molecule has 1 unspecified atom stereocenters. The first-order valence-corrected chi connectivity index (χ1v) is 8.27. The zero-order chi connectivity index (χ0) is 17.3. The van der Waals surface area contributed by atoms with E-state index in [0.717, 1.165) is 16.1 Å². The minimum Gasteiger partial charge on any atom is -0.301 e. The standard InChI is InChI=1S/C16H16F3N3OS/c1-9-13(6-10-2-4-11(17)5-3-10)24-15(21-9)22-14(23)12-7-16(18,19)8-20-12/h2-5,12,20H,6-8H2,1H3,(H,21,22,23). The molecule has 1 saturated heterocycles. The Morgan fingerprint density at radius 3 is 2.75 bits per heavy atom. The monoisotopic (exact) mass is 355 g/mol. The van der Waals surface area contributed by atoms with E-state index in [0.29, 0.717) is 11.6 Å². The van der Waals surface area contributed by atoms with E-state index in [4.69, 9.17) is 0 Å². The predicted molar refractivity (Wildman–Crippen MR) is 86.0 cm³/mol. The zero-order valence-electron chi connectivity index (χ0n) is 12.9. The highest BCUT2D eigenvalue weighted by atomic mass is 32.1. The molecular formula is C16H16F3N3OS. The molecule has 24 heavy (non-hydrogen) atoms. The fourth-order valence-electron chi connectivity index (χ4n) is 2.53. The van der Waals surface area contributed by atoms with Crippen molar-refractivity contribution in [2.24, 2.45) is 0 Å². The van der Waals surface area contributed by atoms with E-state index in [1.165, 1.54) is 23.5 Å². The lowest BCUT2D eigenvalue weighted by molar-refractivity contribution is -0.118. The molecule has 1 fully saturated rings. The number of nitrogens with one attached hydrogen (secondary N) is 2. The van der Waals surface area contributed by atoms with Gasteiger partial charge in [-0.15, -0.1) is 11.3 Å². The lowest BCUT2D eigenvalue weighted by atomic mass is 10.1. The molecule has 0 aliphatic carbocycles. The first kappa shape index (κ1) is 16.9. The molecule has 1 aromatic carbocycles. The maximum atomic E-state index is 13.2. The topological polar surface area (TPSA) is 54.0 Å². The molecule has 8 heteroatoms. The normalized spacial score (nSPS) is 19.4. The molecule has 2 aromatic rings. The van der Waals surface area contributed by atoms with Crippen molar-refractivity contribution in [1.29, 1.82) is 0 Å². The number of aromatic nitrogens is 1. The van der Waals surface area contributed by atoms with Crippen LogP contribution in [0.2, 0.25) is 0 Å². The Morgan fingerprint density at radius 1 is 1.42 bits per heavy atom. The lowest BCUT2D eigenvalue weighted by Crippen LogP contribution is -2.35. The first-order valence-electron chi connectivity index (χ1n) is 7.45. The number of thiazole rings is 1. The SMILES string of the molecule is Cc1nc(NC(=O)C2CC(F)(F)CN2)sc1Cc1ccc(F)cc1. The summed E-state index contributed by atoms with van der Waals surface area (Å²) in [5, 5.41) is 5.48. The number of halogens is 3. The highest BCUT2D eigenvalue weighted by Crippen LogP contribution is 2.28. The Balaban J connectivity index is 1.65. The van der Waals surface area contributed by atoms with Crippen LogP contribution < -0.4 is 10.6 Å². The van der Waals surface area contributed by atoms with Gasteiger partial charge in [-0.05, 0) is 24.6 Å². The number of carbonyl (C=O) groups is 1. The molecule has 0 saturated carbocycles. The summed E-state index contributed by atoms with van der Waals surface area (Å²) >= 11 is 1.29. The number of amides is 1. The molecule has 2 heterocycles. The van der Waals surface area contributed by atoms with Gasteiger partial charge in [-0.3, -0.25) is 10.1 Å². The summed E-state index contributed by atoms with van der Waals surface area (Å²) in [7, 11) is 0. The summed E-state index contributed by atoms with van der Waals surface area (Å²) in [6.07, 6.45) is 0.0605. The maximum Gasteiger partial charge on any atom is 0.262 e. The van der Waals surface area contributed by atoms with E-state index in [2.05, 4.69) is 15.6 Å². The van der Waals surface area contributed by atoms with Crippen molar-refractivity contribution in [2.75, 3.05) is 11.9 Å². The molecule has 0 bridgehead atoms. The number of hydrogen-bond acceptors (Lipinski definition) is 4. The van der Waals surface area contributed by atoms with E-state index < -0.39 is 30.8 Å². The van der Waals surface area contributed by atoms with Gasteiger partial charge in [-0.2, -0.15) is 0 Å². The van der Waals surface area contributed by atoms with Crippen LogP contribution >= 0.6 is 11.3 Å². The summed E-state index contributed by atoms with van der Waals surface area (Å²) in [5.74, 6) is -3.66. The molecule has 1 atom stereocenters. The van der Waals surface area contributed by atoms with Crippen LogP contribution in [0.25, 0.3) is 0 Å². The van der Waals surface area contributed by atoms with Gasteiger partial charge < -0.3 is 5.32 Å². The second-order valence-corrected chi connectivity index (χ2v) is 6.90. The van der Waals surface area contributed by atoms with Crippen LogP contribution in [0.5, 0.6) is 0 Å². The smallest absolute Gasteiger partial charge is 0.262 e. The van der Waals surface area contributed by atoms with Gasteiger partial charge in [-0.1, -0.05) is 12.1 Å². The Bertz CT molecular complexity index is 746. The number of nitrogens with zero attached hydrogens (tertiary/aromatic N) is 1. The summed E-state index contributed by atoms with van der Waals surface area (Å²) in [6.45, 7) is 1.32. The van der Waals surface area contributed by atoms with Gasteiger partial charge in [-0.25, -0.2) is 18.2 Å². The summed E-state index contributed by atoms with van der Waals surface area (Å²) in [5.41, 5.74) is 1.68. The highest BCUT2D eigenvalue weighted by molar-refractivity contribution is 7.15. The summed E-state index contributed by atoms with van der Waals surface area (Å²) < 4.78 is 39.2. The van der Waals surface area contributed by atoms with Gasteiger partial charge in [0, 0.05) is 17.7 Å². The van der Waals surface area contributed by atoms with Gasteiger partial charge in [0.05, 0.1) is 18.3 Å². The van der Waals surface area contributed by atoms with Crippen LogP contribution in [0.4, 0.5) is 18.3 Å². The van der Waals surface area contributed by atoms with Crippen LogP contribution in [-0.2, 0) is 11.2 Å². The predicted octanol–water partition coefficient (Wildman–Crippen LogP) is 3.12. The number of rotatable bonds is 4. The fourth-order valence-corrected chi connectivity index (χ4v) is 3.53. The van der Waals surface area contributed by atoms with E-state index in [1.54, 1.807) is 12.1 Å². The Kier molecular flexibility index (Phi) is 4.60. The third kappa shape index (κ3) is 3.93. The van der Waals surface area contributed by atoms with Crippen LogP contribution in [0.15, 0.2) is 24.3 Å². The second-order valence-electron chi connectivity index (χ2n) is 5.81. The zero-order valence-corrected chi connectivity index (χ0v) is 13.7. The van der Waals surface area contributed by atoms with Gasteiger partial charge in [0.1, 0.15) is 5.82 Å². The van der Waals surface area contributed by atoms with Gasteiger partial charge >= 0.3 is 0 Å². The lowest BCUT2D eigenvalue weighted by Gasteiger charge is -2.08.